The van der Waals surface area contributed by atoms with Gasteiger partial charge in [-0.05, 0) is 31.2 Å². The Balaban J connectivity index is 1.55. The third kappa shape index (κ3) is 2.67. The van der Waals surface area contributed by atoms with E-state index < -0.39 is 0 Å². The lowest BCUT2D eigenvalue weighted by Gasteiger charge is -2.16. The Bertz CT molecular complexity index is 858. The van der Waals surface area contributed by atoms with Crippen LogP contribution in [-0.4, -0.2) is 27.6 Å². The van der Waals surface area contributed by atoms with Crippen molar-refractivity contribution in [3.63, 3.8) is 0 Å². The number of anilines is 1. The van der Waals surface area contributed by atoms with Crippen molar-refractivity contribution in [1.82, 2.24) is 15.1 Å². The van der Waals surface area contributed by atoms with Crippen molar-refractivity contribution in [2.75, 3.05) is 11.4 Å². The molecule has 1 saturated heterocycles. The van der Waals surface area contributed by atoms with Crippen LogP contribution < -0.4 is 4.90 Å². The molecule has 1 aliphatic heterocycles. The van der Waals surface area contributed by atoms with Gasteiger partial charge in [-0.1, -0.05) is 28.9 Å². The second kappa shape index (κ2) is 5.88. The minimum atomic E-state index is -0.0694. The molecule has 3 aromatic rings. The summed E-state index contributed by atoms with van der Waals surface area (Å²) in [6.45, 7) is 2.58. The SMILES string of the molecule is Cc1ccc(N2C[C@H](c3noc(-c4ccccn4)n3)CC2=O)cc1. The number of aryl methyl sites for hydroxylation is 1. The predicted molar refractivity (Wildman–Crippen MR) is 88.4 cm³/mol. The summed E-state index contributed by atoms with van der Waals surface area (Å²) >= 11 is 0. The number of pyridine rings is 1. The van der Waals surface area contributed by atoms with Crippen LogP contribution in [-0.2, 0) is 4.79 Å². The molecule has 1 aromatic carbocycles. The molecule has 0 radical (unpaired) electrons. The standard InChI is InChI=1S/C18H16N4O2/c1-12-5-7-14(8-6-12)22-11-13(10-16(22)23)17-20-18(24-21-17)15-4-2-3-9-19-15/h2-9,13H,10-11H2,1H3/t13-/m1/s1. The van der Waals surface area contributed by atoms with E-state index in [2.05, 4.69) is 15.1 Å². The third-order valence-corrected chi connectivity index (χ3v) is 4.16. The molecule has 24 heavy (non-hydrogen) atoms. The summed E-state index contributed by atoms with van der Waals surface area (Å²) in [6.07, 6.45) is 2.06. The van der Waals surface area contributed by atoms with Crippen LogP contribution >= 0.6 is 0 Å². The fourth-order valence-electron chi connectivity index (χ4n) is 2.85. The van der Waals surface area contributed by atoms with E-state index in [1.165, 1.54) is 5.56 Å². The maximum atomic E-state index is 12.3. The molecule has 2 aromatic heterocycles. The fourth-order valence-corrected chi connectivity index (χ4v) is 2.85. The summed E-state index contributed by atoms with van der Waals surface area (Å²) in [6, 6.07) is 13.4. The van der Waals surface area contributed by atoms with Gasteiger partial charge in [-0.3, -0.25) is 9.78 Å². The molecule has 6 heteroatoms. The summed E-state index contributed by atoms with van der Waals surface area (Å²) < 4.78 is 5.30. The normalized spacial score (nSPS) is 17.5. The van der Waals surface area contributed by atoms with Crippen molar-refractivity contribution in [1.29, 1.82) is 0 Å². The highest BCUT2D eigenvalue weighted by atomic mass is 16.5. The minimum Gasteiger partial charge on any atom is -0.332 e. The van der Waals surface area contributed by atoms with Crippen molar-refractivity contribution in [3.8, 4) is 11.6 Å². The fraction of sp³-hybridized carbons (Fsp3) is 0.222. The Hall–Kier alpha value is -3.02. The van der Waals surface area contributed by atoms with Gasteiger partial charge in [-0.2, -0.15) is 4.98 Å². The molecule has 4 rings (SSSR count). The lowest BCUT2D eigenvalue weighted by atomic mass is 10.1. The highest BCUT2D eigenvalue weighted by molar-refractivity contribution is 5.96. The first-order valence-electron chi connectivity index (χ1n) is 7.83. The molecule has 0 saturated carbocycles. The van der Waals surface area contributed by atoms with Gasteiger partial charge in [-0.15, -0.1) is 0 Å². The van der Waals surface area contributed by atoms with Crippen LogP contribution in [0, 0.1) is 6.92 Å². The zero-order valence-corrected chi connectivity index (χ0v) is 13.2. The lowest BCUT2D eigenvalue weighted by Crippen LogP contribution is -2.24. The zero-order valence-electron chi connectivity index (χ0n) is 13.2. The van der Waals surface area contributed by atoms with Crippen LogP contribution in [0.5, 0.6) is 0 Å². The first-order valence-corrected chi connectivity index (χ1v) is 7.83. The van der Waals surface area contributed by atoms with E-state index in [-0.39, 0.29) is 11.8 Å². The number of amides is 1. The number of aromatic nitrogens is 3. The van der Waals surface area contributed by atoms with Crippen molar-refractivity contribution in [3.05, 3.63) is 60.0 Å². The first-order chi connectivity index (χ1) is 11.7. The topological polar surface area (TPSA) is 72.1 Å². The molecule has 1 atom stereocenters. The molecular weight excluding hydrogens is 304 g/mol. The molecule has 0 N–H and O–H groups in total. The van der Waals surface area contributed by atoms with Gasteiger partial charge in [-0.25, -0.2) is 0 Å². The number of hydrogen-bond donors (Lipinski definition) is 0. The molecule has 0 unspecified atom stereocenters. The second-order valence-electron chi connectivity index (χ2n) is 5.91. The summed E-state index contributed by atoms with van der Waals surface area (Å²) in [5.41, 5.74) is 2.71. The van der Waals surface area contributed by atoms with E-state index in [1.54, 1.807) is 11.1 Å². The van der Waals surface area contributed by atoms with Gasteiger partial charge in [0.15, 0.2) is 5.82 Å². The van der Waals surface area contributed by atoms with Gasteiger partial charge in [0.05, 0.1) is 0 Å². The molecule has 1 amide bonds. The molecule has 1 aliphatic rings. The van der Waals surface area contributed by atoms with Crippen LogP contribution in [0.4, 0.5) is 5.69 Å². The highest BCUT2D eigenvalue weighted by Crippen LogP contribution is 2.31. The third-order valence-electron chi connectivity index (χ3n) is 4.16. The Morgan fingerprint density at radius 1 is 1.17 bits per heavy atom. The van der Waals surface area contributed by atoms with Gasteiger partial charge in [0.25, 0.3) is 5.89 Å². The number of nitrogens with zero attached hydrogens (tertiary/aromatic N) is 4. The average Bonchev–Trinajstić information content (AvgIpc) is 3.23. The van der Waals surface area contributed by atoms with Crippen LogP contribution in [0.15, 0.2) is 53.2 Å². The van der Waals surface area contributed by atoms with Crippen LogP contribution in [0.1, 0.15) is 23.7 Å². The molecule has 3 heterocycles. The maximum Gasteiger partial charge on any atom is 0.276 e. The summed E-state index contributed by atoms with van der Waals surface area (Å²) in [4.78, 5) is 22.7. The molecule has 0 spiro atoms. The number of carbonyl (C=O) groups is 1. The number of rotatable bonds is 3. The number of carbonyl (C=O) groups excluding carboxylic acids is 1. The van der Waals surface area contributed by atoms with E-state index in [0.29, 0.717) is 30.4 Å². The van der Waals surface area contributed by atoms with Crippen LogP contribution in [0.2, 0.25) is 0 Å². The van der Waals surface area contributed by atoms with Crippen molar-refractivity contribution in [2.24, 2.45) is 0 Å². The van der Waals surface area contributed by atoms with Crippen LogP contribution in [0.25, 0.3) is 11.6 Å². The first kappa shape index (κ1) is 14.6. The summed E-state index contributed by atoms with van der Waals surface area (Å²) in [5.74, 6) is 0.943. The molecule has 1 fully saturated rings. The quantitative estimate of drug-likeness (QED) is 0.742. The van der Waals surface area contributed by atoms with Crippen molar-refractivity contribution < 1.29 is 9.32 Å². The molecular formula is C18H16N4O2. The largest absolute Gasteiger partial charge is 0.332 e. The summed E-state index contributed by atoms with van der Waals surface area (Å²) in [7, 11) is 0. The Labute approximate surface area is 139 Å². The van der Waals surface area contributed by atoms with Gasteiger partial charge >= 0.3 is 0 Å². The predicted octanol–water partition coefficient (Wildman–Crippen LogP) is 2.96. The zero-order chi connectivity index (χ0) is 16.5. The van der Waals surface area contributed by atoms with Gasteiger partial charge in [0.2, 0.25) is 5.91 Å². The Morgan fingerprint density at radius 2 is 2.00 bits per heavy atom. The smallest absolute Gasteiger partial charge is 0.276 e. The van der Waals surface area contributed by atoms with E-state index in [4.69, 9.17) is 4.52 Å². The maximum absolute atomic E-state index is 12.3. The number of hydrogen-bond acceptors (Lipinski definition) is 5. The van der Waals surface area contributed by atoms with Gasteiger partial charge < -0.3 is 9.42 Å². The Morgan fingerprint density at radius 3 is 2.75 bits per heavy atom. The highest BCUT2D eigenvalue weighted by Gasteiger charge is 2.34. The van der Waals surface area contributed by atoms with Crippen molar-refractivity contribution in [2.45, 2.75) is 19.3 Å². The molecule has 0 bridgehead atoms. The molecule has 6 nitrogen and oxygen atoms in total. The van der Waals surface area contributed by atoms with E-state index in [9.17, 15) is 4.79 Å². The Kier molecular flexibility index (Phi) is 3.57. The second-order valence-corrected chi connectivity index (χ2v) is 5.91. The summed E-state index contributed by atoms with van der Waals surface area (Å²) in [5, 5.41) is 4.05. The number of benzene rings is 1. The van der Waals surface area contributed by atoms with Gasteiger partial charge in [0.1, 0.15) is 5.69 Å². The molecule has 0 aliphatic carbocycles. The lowest BCUT2D eigenvalue weighted by molar-refractivity contribution is -0.117. The van der Waals surface area contributed by atoms with Crippen molar-refractivity contribution >= 4 is 11.6 Å². The van der Waals surface area contributed by atoms with E-state index in [0.717, 1.165) is 5.69 Å². The average molecular weight is 320 g/mol. The monoisotopic (exact) mass is 320 g/mol. The minimum absolute atomic E-state index is 0.0694. The van der Waals surface area contributed by atoms with Crippen LogP contribution in [0.3, 0.4) is 0 Å². The van der Waals surface area contributed by atoms with E-state index in [1.807, 2.05) is 49.4 Å². The van der Waals surface area contributed by atoms with E-state index >= 15 is 0 Å². The molecule has 120 valence electrons. The van der Waals surface area contributed by atoms with Gasteiger partial charge in [0, 0.05) is 30.8 Å².